The third-order valence-corrected chi connectivity index (χ3v) is 5.17. The second-order valence-corrected chi connectivity index (χ2v) is 6.76. The number of benzene rings is 2. The van der Waals surface area contributed by atoms with E-state index in [-0.39, 0.29) is 18.7 Å². The average molecular weight is 354 g/mol. The van der Waals surface area contributed by atoms with Gasteiger partial charge in [-0.2, -0.15) is 0 Å². The van der Waals surface area contributed by atoms with Gasteiger partial charge < -0.3 is 24.6 Å². The number of quaternary nitrogens is 1. The lowest BCUT2D eigenvalue weighted by molar-refractivity contribution is -0.914. The smallest absolute Gasteiger partial charge is 0.282 e. The summed E-state index contributed by atoms with van der Waals surface area (Å²) in [6, 6.07) is 15.8. The highest BCUT2D eigenvalue weighted by Gasteiger charge is 2.29. The van der Waals surface area contributed by atoms with Gasteiger partial charge in [0.1, 0.15) is 0 Å². The summed E-state index contributed by atoms with van der Waals surface area (Å²) in [6.07, 6.45) is 0. The molecule has 0 aromatic heterocycles. The molecule has 26 heavy (non-hydrogen) atoms. The number of para-hydroxylation sites is 1. The third-order valence-electron chi connectivity index (χ3n) is 5.17. The normalized spacial score (nSPS) is 17.8. The molecule has 2 aromatic rings. The quantitative estimate of drug-likeness (QED) is 0.865. The van der Waals surface area contributed by atoms with Crippen LogP contribution < -0.4 is 24.6 Å². The molecule has 136 valence electrons. The number of nitrogens with zero attached hydrogens (tertiary/aromatic N) is 1. The van der Waals surface area contributed by atoms with Crippen LogP contribution in [0.3, 0.4) is 0 Å². The zero-order chi connectivity index (χ0) is 17.9. The van der Waals surface area contributed by atoms with Crippen LogP contribution in [0.5, 0.6) is 11.5 Å². The molecule has 0 unspecified atom stereocenters. The highest BCUT2D eigenvalue weighted by atomic mass is 16.7. The SMILES string of the molecule is C[C@H](C(=O)Nc1ccc2c(c1)OCO2)[NH+]1CCN(c2ccccc2)CC1. The maximum absolute atomic E-state index is 12.6. The number of piperazine rings is 1. The minimum Gasteiger partial charge on any atom is -0.454 e. The first kappa shape index (κ1) is 16.7. The van der Waals surface area contributed by atoms with Crippen LogP contribution in [0.15, 0.2) is 48.5 Å². The molecular weight excluding hydrogens is 330 g/mol. The Balaban J connectivity index is 1.33. The summed E-state index contributed by atoms with van der Waals surface area (Å²) in [4.78, 5) is 16.3. The Kier molecular flexibility index (Phi) is 4.67. The summed E-state index contributed by atoms with van der Waals surface area (Å²) in [6.45, 7) is 6.05. The predicted octanol–water partition coefficient (Wildman–Crippen LogP) is 1.15. The van der Waals surface area contributed by atoms with Gasteiger partial charge in [-0.05, 0) is 31.2 Å². The van der Waals surface area contributed by atoms with Gasteiger partial charge in [0.05, 0.1) is 26.2 Å². The Morgan fingerprint density at radius 1 is 1.08 bits per heavy atom. The number of ether oxygens (including phenoxy) is 2. The molecule has 0 saturated carbocycles. The highest BCUT2D eigenvalue weighted by Crippen LogP contribution is 2.34. The Hall–Kier alpha value is -2.73. The van der Waals surface area contributed by atoms with E-state index in [2.05, 4.69) is 34.5 Å². The maximum Gasteiger partial charge on any atom is 0.282 e. The Morgan fingerprint density at radius 3 is 2.58 bits per heavy atom. The van der Waals surface area contributed by atoms with Gasteiger partial charge >= 0.3 is 0 Å². The van der Waals surface area contributed by atoms with Crippen molar-refractivity contribution in [2.24, 2.45) is 0 Å². The number of nitrogens with one attached hydrogen (secondary N) is 2. The Bertz CT molecular complexity index is 773. The third kappa shape index (κ3) is 3.46. The summed E-state index contributed by atoms with van der Waals surface area (Å²) in [5.74, 6) is 1.44. The van der Waals surface area contributed by atoms with E-state index in [9.17, 15) is 4.79 Å². The van der Waals surface area contributed by atoms with Crippen LogP contribution in [0.2, 0.25) is 0 Å². The molecule has 0 radical (unpaired) electrons. The van der Waals surface area contributed by atoms with Gasteiger partial charge in [0.2, 0.25) is 6.79 Å². The molecule has 2 aromatic carbocycles. The summed E-state index contributed by atoms with van der Waals surface area (Å²) in [7, 11) is 0. The molecule has 2 heterocycles. The molecule has 0 aliphatic carbocycles. The number of amides is 1. The first-order valence-corrected chi connectivity index (χ1v) is 9.06. The molecule has 2 aliphatic rings. The predicted molar refractivity (Wildman–Crippen MR) is 100 cm³/mol. The zero-order valence-corrected chi connectivity index (χ0v) is 14.9. The summed E-state index contributed by atoms with van der Waals surface area (Å²) in [5.41, 5.74) is 2.00. The summed E-state index contributed by atoms with van der Waals surface area (Å²) in [5, 5.41) is 3.00. The fourth-order valence-electron chi connectivity index (χ4n) is 3.53. The van der Waals surface area contributed by atoms with Gasteiger partial charge in [-0.15, -0.1) is 0 Å². The minimum atomic E-state index is -0.0988. The fraction of sp³-hybridized carbons (Fsp3) is 0.350. The number of rotatable bonds is 4. The second kappa shape index (κ2) is 7.25. The van der Waals surface area contributed by atoms with Crippen LogP contribution in [0, 0.1) is 0 Å². The zero-order valence-electron chi connectivity index (χ0n) is 14.9. The first-order valence-electron chi connectivity index (χ1n) is 9.06. The average Bonchev–Trinajstić information content (AvgIpc) is 3.16. The largest absolute Gasteiger partial charge is 0.454 e. The standard InChI is InChI=1S/C20H23N3O3/c1-15(20(24)21-16-7-8-18-19(13-16)26-14-25-18)22-9-11-23(12-10-22)17-5-3-2-4-6-17/h2-8,13,15H,9-12,14H2,1H3,(H,21,24)/p+1/t15-/m1/s1. The number of carbonyl (C=O) groups excluding carboxylic acids is 1. The molecule has 2 aliphatic heterocycles. The van der Waals surface area contributed by atoms with Crippen LogP contribution in [-0.2, 0) is 4.79 Å². The van der Waals surface area contributed by atoms with E-state index < -0.39 is 0 Å². The molecule has 1 amide bonds. The molecule has 6 heteroatoms. The van der Waals surface area contributed by atoms with Crippen molar-refractivity contribution in [1.82, 2.24) is 0 Å². The number of carbonyl (C=O) groups is 1. The lowest BCUT2D eigenvalue weighted by Crippen LogP contribution is -3.19. The lowest BCUT2D eigenvalue weighted by Gasteiger charge is -2.36. The fourth-order valence-corrected chi connectivity index (χ4v) is 3.53. The van der Waals surface area contributed by atoms with E-state index in [4.69, 9.17) is 9.47 Å². The van der Waals surface area contributed by atoms with E-state index in [1.54, 1.807) is 0 Å². The van der Waals surface area contributed by atoms with E-state index in [1.165, 1.54) is 10.6 Å². The van der Waals surface area contributed by atoms with Gasteiger partial charge in [-0.25, -0.2) is 0 Å². The number of hydrogen-bond acceptors (Lipinski definition) is 4. The highest BCUT2D eigenvalue weighted by molar-refractivity contribution is 5.94. The van der Waals surface area contributed by atoms with Gasteiger partial charge in [0.25, 0.3) is 5.91 Å². The van der Waals surface area contributed by atoms with Crippen LogP contribution in [0.1, 0.15) is 6.92 Å². The molecule has 1 atom stereocenters. The Morgan fingerprint density at radius 2 is 1.81 bits per heavy atom. The second-order valence-electron chi connectivity index (χ2n) is 6.76. The van der Waals surface area contributed by atoms with Crippen LogP contribution in [0.25, 0.3) is 0 Å². The monoisotopic (exact) mass is 354 g/mol. The van der Waals surface area contributed by atoms with E-state index in [0.717, 1.165) is 37.6 Å². The van der Waals surface area contributed by atoms with Crippen molar-refractivity contribution in [2.75, 3.05) is 43.2 Å². The Labute approximate surface area is 153 Å². The van der Waals surface area contributed by atoms with Crippen molar-refractivity contribution in [3.63, 3.8) is 0 Å². The van der Waals surface area contributed by atoms with Crippen molar-refractivity contribution in [3.05, 3.63) is 48.5 Å². The van der Waals surface area contributed by atoms with E-state index in [0.29, 0.717) is 5.75 Å². The van der Waals surface area contributed by atoms with Crippen molar-refractivity contribution in [3.8, 4) is 11.5 Å². The first-order chi connectivity index (χ1) is 12.7. The minimum absolute atomic E-state index is 0.0343. The maximum atomic E-state index is 12.6. The summed E-state index contributed by atoms with van der Waals surface area (Å²) >= 11 is 0. The van der Waals surface area contributed by atoms with Crippen molar-refractivity contribution < 1.29 is 19.2 Å². The number of fused-ring (bicyclic) bond motifs is 1. The molecule has 4 rings (SSSR count). The van der Waals surface area contributed by atoms with Gasteiger partial charge in [0, 0.05) is 17.4 Å². The van der Waals surface area contributed by atoms with E-state index >= 15 is 0 Å². The van der Waals surface area contributed by atoms with Crippen LogP contribution in [0.4, 0.5) is 11.4 Å². The van der Waals surface area contributed by atoms with E-state index in [1.807, 2.05) is 31.2 Å². The van der Waals surface area contributed by atoms with Crippen LogP contribution >= 0.6 is 0 Å². The van der Waals surface area contributed by atoms with Crippen molar-refractivity contribution in [2.45, 2.75) is 13.0 Å². The molecule has 6 nitrogen and oxygen atoms in total. The topological polar surface area (TPSA) is 55.2 Å². The molecular formula is C20H24N3O3+. The number of hydrogen-bond donors (Lipinski definition) is 2. The molecule has 1 saturated heterocycles. The molecule has 2 N–H and O–H groups in total. The van der Waals surface area contributed by atoms with Crippen LogP contribution in [-0.4, -0.2) is 44.9 Å². The summed E-state index contributed by atoms with van der Waals surface area (Å²) < 4.78 is 10.7. The van der Waals surface area contributed by atoms with Crippen molar-refractivity contribution in [1.29, 1.82) is 0 Å². The molecule has 0 bridgehead atoms. The van der Waals surface area contributed by atoms with Gasteiger partial charge in [0.15, 0.2) is 17.5 Å². The number of anilines is 2. The lowest BCUT2D eigenvalue weighted by atomic mass is 10.2. The van der Waals surface area contributed by atoms with Crippen molar-refractivity contribution >= 4 is 17.3 Å². The van der Waals surface area contributed by atoms with Gasteiger partial charge in [-0.1, -0.05) is 18.2 Å². The molecule has 0 spiro atoms. The molecule has 1 fully saturated rings. The van der Waals surface area contributed by atoms with Gasteiger partial charge in [-0.3, -0.25) is 4.79 Å².